The number of nitrogens with one attached hydrogen (secondary N) is 1. The summed E-state index contributed by atoms with van der Waals surface area (Å²) in [5.74, 6) is 0.561. The molecule has 1 heterocycles. The number of hydrogen-bond acceptors (Lipinski definition) is 3. The maximum absolute atomic E-state index is 5.74. The number of thiazole rings is 1. The molecule has 1 aromatic heterocycles. The molecule has 4 heteroatoms. The highest BCUT2D eigenvalue weighted by Gasteiger charge is 2.03. The topological polar surface area (TPSA) is 24.9 Å². The molecular weight excluding hydrogens is 252 g/mol. The highest BCUT2D eigenvalue weighted by Crippen LogP contribution is 2.18. The van der Waals surface area contributed by atoms with Gasteiger partial charge in [-0.05, 0) is 31.5 Å². The Morgan fingerprint density at radius 1 is 1.24 bits per heavy atom. The van der Waals surface area contributed by atoms with Gasteiger partial charge in [0.15, 0.2) is 0 Å². The second-order valence-electron chi connectivity index (χ2n) is 3.93. The van der Waals surface area contributed by atoms with Crippen molar-refractivity contribution in [3.63, 3.8) is 0 Å². The summed E-state index contributed by atoms with van der Waals surface area (Å²) in [5.41, 5.74) is 3.37. The van der Waals surface area contributed by atoms with Gasteiger partial charge >= 0.3 is 0 Å². The number of benzene rings is 1. The van der Waals surface area contributed by atoms with Crippen molar-refractivity contribution in [3.8, 4) is 0 Å². The quantitative estimate of drug-likeness (QED) is 0.843. The van der Waals surface area contributed by atoms with Crippen LogP contribution in [0.2, 0.25) is 0 Å². The summed E-state index contributed by atoms with van der Waals surface area (Å²) in [6, 6.07) is 8.16. The van der Waals surface area contributed by atoms with E-state index in [1.165, 1.54) is 4.88 Å². The van der Waals surface area contributed by atoms with E-state index in [0.717, 1.165) is 28.5 Å². The number of anilines is 1. The monoisotopic (exact) mass is 266 g/mol. The molecule has 2 aromatic rings. The molecule has 17 heavy (non-hydrogen) atoms. The van der Waals surface area contributed by atoms with E-state index in [9.17, 15) is 0 Å². The molecule has 0 aliphatic rings. The molecule has 0 bridgehead atoms. The number of halogens is 1. The van der Waals surface area contributed by atoms with Gasteiger partial charge < -0.3 is 5.32 Å². The number of nitrogens with zero attached hydrogens (tertiary/aromatic N) is 1. The zero-order valence-corrected chi connectivity index (χ0v) is 11.5. The first-order valence-electron chi connectivity index (χ1n) is 5.50. The maximum Gasteiger partial charge on any atom is 0.112 e. The van der Waals surface area contributed by atoms with Crippen molar-refractivity contribution >= 4 is 28.6 Å². The summed E-state index contributed by atoms with van der Waals surface area (Å²) < 4.78 is 0. The minimum atomic E-state index is 0.561. The molecule has 2 rings (SSSR count). The average Bonchev–Trinajstić information content (AvgIpc) is 2.67. The van der Waals surface area contributed by atoms with Crippen molar-refractivity contribution in [1.29, 1.82) is 0 Å². The number of hydrogen-bond donors (Lipinski definition) is 1. The molecule has 0 atom stereocenters. The molecule has 0 aliphatic heterocycles. The van der Waals surface area contributed by atoms with E-state index in [1.54, 1.807) is 11.3 Å². The van der Waals surface area contributed by atoms with Crippen molar-refractivity contribution in [1.82, 2.24) is 4.98 Å². The minimum absolute atomic E-state index is 0.561. The van der Waals surface area contributed by atoms with Crippen LogP contribution in [0.25, 0.3) is 0 Å². The molecule has 0 spiro atoms. The lowest BCUT2D eigenvalue weighted by Gasteiger charge is -2.04. The van der Waals surface area contributed by atoms with Crippen molar-refractivity contribution in [3.05, 3.63) is 45.4 Å². The lowest BCUT2D eigenvalue weighted by atomic mass is 10.2. The van der Waals surface area contributed by atoms with Crippen molar-refractivity contribution in [2.24, 2.45) is 0 Å². The van der Waals surface area contributed by atoms with Crippen molar-refractivity contribution in [2.45, 2.75) is 26.3 Å². The third-order valence-corrected chi connectivity index (χ3v) is 4.01. The Bertz CT molecular complexity index is 471. The van der Waals surface area contributed by atoms with Crippen LogP contribution in [-0.4, -0.2) is 4.98 Å². The zero-order valence-electron chi connectivity index (χ0n) is 9.96. The van der Waals surface area contributed by atoms with Gasteiger partial charge in [-0.25, -0.2) is 4.98 Å². The third kappa shape index (κ3) is 3.20. The van der Waals surface area contributed by atoms with E-state index in [0.29, 0.717) is 5.88 Å². The summed E-state index contributed by atoms with van der Waals surface area (Å²) in [5, 5.41) is 4.48. The van der Waals surface area contributed by atoms with Crippen molar-refractivity contribution < 1.29 is 0 Å². The molecule has 0 fully saturated rings. The molecule has 1 aromatic carbocycles. The summed E-state index contributed by atoms with van der Waals surface area (Å²) in [4.78, 5) is 5.78. The molecule has 0 amide bonds. The predicted molar refractivity (Wildman–Crippen MR) is 74.9 cm³/mol. The Morgan fingerprint density at radius 3 is 2.47 bits per heavy atom. The molecule has 0 saturated carbocycles. The van der Waals surface area contributed by atoms with E-state index in [-0.39, 0.29) is 0 Å². The lowest BCUT2D eigenvalue weighted by Crippen LogP contribution is -1.98. The van der Waals surface area contributed by atoms with Crippen LogP contribution in [0.3, 0.4) is 0 Å². The standard InChI is InChI=1S/C13H15ClN2S/c1-9-10(2)17-13(16-9)8-15-12-5-3-11(7-14)4-6-12/h3-6,15H,7-8H2,1-2H3. The summed E-state index contributed by atoms with van der Waals surface area (Å²) in [6.07, 6.45) is 0. The van der Waals surface area contributed by atoms with Crippen LogP contribution in [0.5, 0.6) is 0 Å². The number of alkyl halides is 1. The maximum atomic E-state index is 5.74. The van der Waals surface area contributed by atoms with Gasteiger partial charge in [0.05, 0.1) is 12.2 Å². The molecule has 2 nitrogen and oxygen atoms in total. The molecule has 1 N–H and O–H groups in total. The minimum Gasteiger partial charge on any atom is -0.379 e. The normalized spacial score (nSPS) is 10.5. The van der Waals surface area contributed by atoms with Gasteiger partial charge in [0.1, 0.15) is 5.01 Å². The SMILES string of the molecule is Cc1nc(CNc2ccc(CCl)cc2)sc1C. The predicted octanol–water partition coefficient (Wildman–Crippen LogP) is 4.11. The van der Waals surface area contributed by atoms with Crippen LogP contribution in [0, 0.1) is 13.8 Å². The van der Waals surface area contributed by atoms with E-state index < -0.39 is 0 Å². The lowest BCUT2D eigenvalue weighted by molar-refractivity contribution is 1.07. The van der Waals surface area contributed by atoms with Gasteiger partial charge in [-0.15, -0.1) is 22.9 Å². The highest BCUT2D eigenvalue weighted by molar-refractivity contribution is 7.11. The second-order valence-corrected chi connectivity index (χ2v) is 5.49. The van der Waals surface area contributed by atoms with Crippen LogP contribution in [0.1, 0.15) is 21.1 Å². The first-order valence-corrected chi connectivity index (χ1v) is 6.86. The Hall–Kier alpha value is -1.06. The average molecular weight is 267 g/mol. The van der Waals surface area contributed by atoms with Crippen LogP contribution < -0.4 is 5.32 Å². The van der Waals surface area contributed by atoms with Crippen LogP contribution in [0.4, 0.5) is 5.69 Å². The molecule has 0 saturated heterocycles. The number of aromatic nitrogens is 1. The van der Waals surface area contributed by atoms with Gasteiger partial charge in [-0.2, -0.15) is 0 Å². The summed E-state index contributed by atoms with van der Waals surface area (Å²) in [6.45, 7) is 4.93. The summed E-state index contributed by atoms with van der Waals surface area (Å²) >= 11 is 7.49. The smallest absolute Gasteiger partial charge is 0.112 e. The number of aryl methyl sites for hydroxylation is 2. The van der Waals surface area contributed by atoms with Gasteiger partial charge in [-0.3, -0.25) is 0 Å². The fourth-order valence-corrected chi connectivity index (χ4v) is 2.56. The van der Waals surface area contributed by atoms with E-state index in [2.05, 4.69) is 17.2 Å². The fraction of sp³-hybridized carbons (Fsp3) is 0.308. The molecule has 0 unspecified atom stereocenters. The van der Waals surface area contributed by atoms with Gasteiger partial charge in [0.2, 0.25) is 0 Å². The van der Waals surface area contributed by atoms with Crippen LogP contribution >= 0.6 is 22.9 Å². The molecule has 90 valence electrons. The van der Waals surface area contributed by atoms with Gasteiger partial charge in [-0.1, -0.05) is 12.1 Å². The third-order valence-electron chi connectivity index (χ3n) is 2.62. The Morgan fingerprint density at radius 2 is 1.94 bits per heavy atom. The van der Waals surface area contributed by atoms with Gasteiger partial charge in [0, 0.05) is 16.4 Å². The molecule has 0 radical (unpaired) electrons. The van der Waals surface area contributed by atoms with Crippen LogP contribution in [-0.2, 0) is 12.4 Å². The first-order chi connectivity index (χ1) is 8.19. The Labute approximate surface area is 111 Å². The Kier molecular flexibility index (Phi) is 4.02. The van der Waals surface area contributed by atoms with E-state index >= 15 is 0 Å². The Balaban J connectivity index is 1.97. The van der Waals surface area contributed by atoms with E-state index in [1.807, 2.05) is 31.2 Å². The largest absolute Gasteiger partial charge is 0.379 e. The second kappa shape index (κ2) is 5.52. The molecule has 0 aliphatic carbocycles. The van der Waals surface area contributed by atoms with Gasteiger partial charge in [0.25, 0.3) is 0 Å². The zero-order chi connectivity index (χ0) is 12.3. The fourth-order valence-electron chi connectivity index (χ4n) is 1.50. The van der Waals surface area contributed by atoms with Crippen molar-refractivity contribution in [2.75, 3.05) is 5.32 Å². The number of rotatable bonds is 4. The van der Waals surface area contributed by atoms with E-state index in [4.69, 9.17) is 11.6 Å². The van der Waals surface area contributed by atoms with Crippen LogP contribution in [0.15, 0.2) is 24.3 Å². The summed E-state index contributed by atoms with van der Waals surface area (Å²) in [7, 11) is 0. The first kappa shape index (κ1) is 12.4. The highest BCUT2D eigenvalue weighted by atomic mass is 35.5. The molecular formula is C13H15ClN2S.